The topological polar surface area (TPSA) is 64.0 Å². The van der Waals surface area contributed by atoms with Crippen molar-refractivity contribution in [1.29, 1.82) is 0 Å². The molecule has 0 radical (unpaired) electrons. The molecule has 0 unspecified atom stereocenters. The quantitative estimate of drug-likeness (QED) is 0.942. The van der Waals surface area contributed by atoms with Crippen molar-refractivity contribution in [2.24, 2.45) is 7.05 Å². The number of aromatic nitrogens is 2. The van der Waals surface area contributed by atoms with Crippen LogP contribution < -0.4 is 4.72 Å². The first-order chi connectivity index (χ1) is 7.99. The van der Waals surface area contributed by atoms with Gasteiger partial charge in [-0.2, -0.15) is 8.42 Å². The maximum atomic E-state index is 12.0. The standard InChI is InChI=1S/C10H10BrN3O2S/c1-14-6-10(12-7-14)17(15,16)13-9-5-3-2-4-8(9)11/h2-7,13H,1H3. The lowest BCUT2D eigenvalue weighted by molar-refractivity contribution is 0.598. The Balaban J connectivity index is 2.33. The van der Waals surface area contributed by atoms with Crippen LogP contribution in [0.5, 0.6) is 0 Å². The van der Waals surface area contributed by atoms with Crippen LogP contribution >= 0.6 is 15.9 Å². The third-order valence-corrected chi connectivity index (χ3v) is 4.02. The van der Waals surface area contributed by atoms with Crippen molar-refractivity contribution in [3.8, 4) is 0 Å². The van der Waals surface area contributed by atoms with Crippen LogP contribution in [-0.4, -0.2) is 18.0 Å². The van der Waals surface area contributed by atoms with Crippen molar-refractivity contribution in [3.63, 3.8) is 0 Å². The fourth-order valence-corrected chi connectivity index (χ4v) is 2.85. The minimum atomic E-state index is -3.63. The van der Waals surface area contributed by atoms with Gasteiger partial charge in [0.1, 0.15) is 0 Å². The van der Waals surface area contributed by atoms with E-state index in [1.807, 2.05) is 6.07 Å². The molecule has 90 valence electrons. The van der Waals surface area contributed by atoms with E-state index < -0.39 is 10.0 Å². The Kier molecular flexibility index (Phi) is 3.21. The average Bonchev–Trinajstić information content (AvgIpc) is 2.69. The highest BCUT2D eigenvalue weighted by atomic mass is 79.9. The van der Waals surface area contributed by atoms with Crippen molar-refractivity contribution in [2.45, 2.75) is 5.03 Å². The lowest BCUT2D eigenvalue weighted by Gasteiger charge is -2.07. The summed E-state index contributed by atoms with van der Waals surface area (Å²) in [6.45, 7) is 0. The van der Waals surface area contributed by atoms with E-state index in [0.29, 0.717) is 10.2 Å². The molecule has 0 spiro atoms. The molecule has 1 heterocycles. The third kappa shape index (κ3) is 2.67. The molecule has 0 fully saturated rings. The van der Waals surface area contributed by atoms with Gasteiger partial charge in [-0.1, -0.05) is 12.1 Å². The second kappa shape index (κ2) is 4.50. The molecule has 0 aliphatic carbocycles. The average molecular weight is 316 g/mol. The summed E-state index contributed by atoms with van der Waals surface area (Å²) in [4.78, 5) is 3.81. The molecule has 1 aromatic carbocycles. The SMILES string of the molecule is Cn1cnc(S(=O)(=O)Nc2ccccc2Br)c1. The fraction of sp³-hybridized carbons (Fsp3) is 0.100. The fourth-order valence-electron chi connectivity index (χ4n) is 1.27. The maximum Gasteiger partial charge on any atom is 0.280 e. The number of rotatable bonds is 3. The van der Waals surface area contributed by atoms with Crippen LogP contribution in [0.1, 0.15) is 0 Å². The number of halogens is 1. The van der Waals surface area contributed by atoms with Crippen molar-refractivity contribution in [3.05, 3.63) is 41.3 Å². The molecule has 1 N–H and O–H groups in total. The molecule has 2 rings (SSSR count). The molecule has 0 saturated carbocycles. The zero-order valence-electron chi connectivity index (χ0n) is 8.96. The van der Waals surface area contributed by atoms with Gasteiger partial charge in [0.2, 0.25) is 0 Å². The molecule has 0 bridgehead atoms. The third-order valence-electron chi connectivity index (χ3n) is 2.07. The Morgan fingerprint density at radius 1 is 1.35 bits per heavy atom. The van der Waals surface area contributed by atoms with E-state index in [-0.39, 0.29) is 5.03 Å². The van der Waals surface area contributed by atoms with Crippen LogP contribution in [0.15, 0.2) is 46.3 Å². The van der Waals surface area contributed by atoms with E-state index in [2.05, 4.69) is 25.6 Å². The first-order valence-corrected chi connectivity index (χ1v) is 7.02. The van der Waals surface area contributed by atoms with Gasteiger partial charge in [0.05, 0.1) is 12.0 Å². The Bertz CT molecular complexity index is 637. The summed E-state index contributed by atoms with van der Waals surface area (Å²) in [5, 5.41) is -0.00393. The second-order valence-electron chi connectivity index (χ2n) is 3.46. The highest BCUT2D eigenvalue weighted by Gasteiger charge is 2.17. The summed E-state index contributed by atoms with van der Waals surface area (Å²) in [7, 11) is -1.91. The first kappa shape index (κ1) is 12.1. The number of nitrogens with one attached hydrogen (secondary N) is 1. The minimum absolute atomic E-state index is 0.00393. The monoisotopic (exact) mass is 315 g/mol. The molecule has 5 nitrogen and oxygen atoms in total. The van der Waals surface area contributed by atoms with Crippen LogP contribution in [0.4, 0.5) is 5.69 Å². The van der Waals surface area contributed by atoms with E-state index in [0.717, 1.165) is 0 Å². The summed E-state index contributed by atoms with van der Waals surface area (Å²) in [6.07, 6.45) is 2.88. The number of anilines is 1. The molecular formula is C10H10BrN3O2S. The van der Waals surface area contributed by atoms with E-state index in [4.69, 9.17) is 0 Å². The molecule has 7 heteroatoms. The summed E-state index contributed by atoms with van der Waals surface area (Å²) in [5.74, 6) is 0. The van der Waals surface area contributed by atoms with Gasteiger partial charge in [-0.25, -0.2) is 4.98 Å². The number of hydrogen-bond donors (Lipinski definition) is 1. The zero-order chi connectivity index (χ0) is 12.5. The van der Waals surface area contributed by atoms with Gasteiger partial charge in [0.15, 0.2) is 5.03 Å². The largest absolute Gasteiger partial charge is 0.339 e. The Hall–Kier alpha value is -1.34. The maximum absolute atomic E-state index is 12.0. The molecule has 0 amide bonds. The van der Waals surface area contributed by atoms with Gasteiger partial charge in [-0.05, 0) is 28.1 Å². The molecule has 0 saturated heterocycles. The van der Waals surface area contributed by atoms with Crippen LogP contribution in [0.2, 0.25) is 0 Å². The summed E-state index contributed by atoms with van der Waals surface area (Å²) < 4.78 is 28.6. The lowest BCUT2D eigenvalue weighted by atomic mass is 10.3. The van der Waals surface area contributed by atoms with E-state index in [1.165, 1.54) is 12.5 Å². The molecule has 0 aliphatic rings. The highest BCUT2D eigenvalue weighted by molar-refractivity contribution is 9.10. The number of hydrogen-bond acceptors (Lipinski definition) is 3. The number of sulfonamides is 1. The smallest absolute Gasteiger partial charge is 0.280 e. The molecule has 0 aliphatic heterocycles. The predicted octanol–water partition coefficient (Wildman–Crippen LogP) is 1.98. The van der Waals surface area contributed by atoms with Crippen LogP contribution in [-0.2, 0) is 17.1 Å². The van der Waals surface area contributed by atoms with Gasteiger partial charge in [-0.3, -0.25) is 4.72 Å². The van der Waals surface area contributed by atoms with Gasteiger partial charge >= 0.3 is 0 Å². The molecule has 17 heavy (non-hydrogen) atoms. The normalized spacial score (nSPS) is 11.4. The number of aryl methyl sites for hydroxylation is 1. The minimum Gasteiger partial charge on any atom is -0.339 e. The zero-order valence-corrected chi connectivity index (χ0v) is 11.4. The predicted molar refractivity (Wildman–Crippen MR) is 68.2 cm³/mol. The molecule has 0 atom stereocenters. The molecular weight excluding hydrogens is 306 g/mol. The van der Waals surface area contributed by atoms with Crippen molar-refractivity contribution >= 4 is 31.6 Å². The Morgan fingerprint density at radius 2 is 2.06 bits per heavy atom. The number of imidazole rings is 1. The highest BCUT2D eigenvalue weighted by Crippen LogP contribution is 2.23. The Labute approximate surface area is 108 Å². The van der Waals surface area contributed by atoms with Gasteiger partial charge in [0.25, 0.3) is 10.0 Å². The second-order valence-corrected chi connectivity index (χ2v) is 5.95. The number of para-hydroxylation sites is 1. The summed E-state index contributed by atoms with van der Waals surface area (Å²) >= 11 is 3.27. The van der Waals surface area contributed by atoms with Crippen molar-refractivity contribution in [2.75, 3.05) is 4.72 Å². The van der Waals surface area contributed by atoms with Crippen LogP contribution in [0, 0.1) is 0 Å². The first-order valence-electron chi connectivity index (χ1n) is 4.74. The summed E-state index contributed by atoms with van der Waals surface area (Å²) in [5.41, 5.74) is 0.484. The number of nitrogens with zero attached hydrogens (tertiary/aromatic N) is 2. The number of benzene rings is 1. The van der Waals surface area contributed by atoms with E-state index in [1.54, 1.807) is 29.8 Å². The van der Waals surface area contributed by atoms with Crippen LogP contribution in [0.3, 0.4) is 0 Å². The lowest BCUT2D eigenvalue weighted by Crippen LogP contribution is -2.13. The van der Waals surface area contributed by atoms with E-state index in [9.17, 15) is 8.42 Å². The molecule has 1 aromatic heterocycles. The van der Waals surface area contributed by atoms with E-state index >= 15 is 0 Å². The van der Waals surface area contributed by atoms with Gasteiger partial charge < -0.3 is 4.57 Å². The Morgan fingerprint density at radius 3 is 2.65 bits per heavy atom. The summed E-state index contributed by atoms with van der Waals surface area (Å²) in [6, 6.07) is 6.99. The van der Waals surface area contributed by atoms with Gasteiger partial charge in [-0.15, -0.1) is 0 Å². The van der Waals surface area contributed by atoms with Crippen LogP contribution in [0.25, 0.3) is 0 Å². The molecule has 2 aromatic rings. The van der Waals surface area contributed by atoms with Gasteiger partial charge in [0, 0.05) is 17.7 Å². The van der Waals surface area contributed by atoms with Crippen molar-refractivity contribution in [1.82, 2.24) is 9.55 Å². The van der Waals surface area contributed by atoms with Crippen molar-refractivity contribution < 1.29 is 8.42 Å².